The van der Waals surface area contributed by atoms with Gasteiger partial charge in [0.05, 0.1) is 11.8 Å². The van der Waals surface area contributed by atoms with Gasteiger partial charge in [-0.2, -0.15) is 13.2 Å². The molecule has 1 amide bonds. The van der Waals surface area contributed by atoms with Gasteiger partial charge in [-0.25, -0.2) is 0 Å². The Morgan fingerprint density at radius 3 is 2.47 bits per heavy atom. The molecule has 0 aromatic rings. The molecule has 0 aromatic carbocycles. The van der Waals surface area contributed by atoms with Crippen LogP contribution in [0.1, 0.15) is 38.5 Å². The molecular formula is C13H21F3N2O. The Bertz CT molecular complexity index is 314. The van der Waals surface area contributed by atoms with Crippen molar-refractivity contribution in [2.75, 3.05) is 13.1 Å². The zero-order valence-electron chi connectivity index (χ0n) is 10.9. The van der Waals surface area contributed by atoms with Crippen LogP contribution in [-0.2, 0) is 4.79 Å². The van der Waals surface area contributed by atoms with Crippen LogP contribution in [0.4, 0.5) is 13.2 Å². The fourth-order valence-electron chi connectivity index (χ4n) is 3.07. The van der Waals surface area contributed by atoms with Gasteiger partial charge in [-0.3, -0.25) is 4.79 Å². The van der Waals surface area contributed by atoms with Gasteiger partial charge in [0.1, 0.15) is 0 Å². The van der Waals surface area contributed by atoms with Crippen LogP contribution in [0.5, 0.6) is 0 Å². The Morgan fingerprint density at radius 1 is 1.11 bits per heavy atom. The third kappa shape index (κ3) is 3.84. The molecule has 1 saturated heterocycles. The number of carbonyl (C=O) groups excluding carboxylic acids is 1. The number of amides is 1. The molecule has 1 aliphatic heterocycles. The quantitative estimate of drug-likeness (QED) is 0.813. The first kappa shape index (κ1) is 14.6. The van der Waals surface area contributed by atoms with Crippen LogP contribution in [0, 0.1) is 11.8 Å². The molecular weight excluding hydrogens is 257 g/mol. The summed E-state index contributed by atoms with van der Waals surface area (Å²) in [5.41, 5.74) is 0. The molecule has 110 valence electrons. The summed E-state index contributed by atoms with van der Waals surface area (Å²) in [4.78, 5) is 12.0. The van der Waals surface area contributed by atoms with Crippen molar-refractivity contribution < 1.29 is 18.0 Å². The molecule has 2 rings (SSSR count). The largest absolute Gasteiger partial charge is 0.393 e. The van der Waals surface area contributed by atoms with Gasteiger partial charge in [0.2, 0.25) is 5.91 Å². The summed E-state index contributed by atoms with van der Waals surface area (Å²) < 4.78 is 38.8. The van der Waals surface area contributed by atoms with E-state index in [4.69, 9.17) is 0 Å². The number of carbonyl (C=O) groups is 1. The van der Waals surface area contributed by atoms with Crippen molar-refractivity contribution >= 4 is 5.91 Å². The minimum Gasteiger partial charge on any atom is -0.352 e. The first-order valence-electron chi connectivity index (χ1n) is 7.06. The van der Waals surface area contributed by atoms with E-state index in [9.17, 15) is 18.0 Å². The van der Waals surface area contributed by atoms with Crippen molar-refractivity contribution in [3.63, 3.8) is 0 Å². The van der Waals surface area contributed by atoms with E-state index in [1.807, 2.05) is 0 Å². The number of hydrogen-bond donors (Lipinski definition) is 2. The molecule has 1 saturated carbocycles. The van der Waals surface area contributed by atoms with Crippen LogP contribution in [0.3, 0.4) is 0 Å². The molecule has 0 aromatic heterocycles. The van der Waals surface area contributed by atoms with Gasteiger partial charge in [0.25, 0.3) is 0 Å². The predicted octanol–water partition coefficient (Wildman–Crippen LogP) is 2.22. The number of hydrogen-bond acceptors (Lipinski definition) is 2. The van der Waals surface area contributed by atoms with E-state index in [1.54, 1.807) is 0 Å². The van der Waals surface area contributed by atoms with Crippen LogP contribution in [0.15, 0.2) is 0 Å². The fraction of sp³-hybridized carbons (Fsp3) is 0.923. The predicted molar refractivity (Wildman–Crippen MR) is 65.5 cm³/mol. The Morgan fingerprint density at radius 2 is 1.84 bits per heavy atom. The monoisotopic (exact) mass is 278 g/mol. The number of nitrogens with one attached hydrogen (secondary N) is 2. The molecule has 1 heterocycles. The average molecular weight is 278 g/mol. The molecule has 0 radical (unpaired) electrons. The van der Waals surface area contributed by atoms with Crippen LogP contribution < -0.4 is 10.6 Å². The molecule has 2 aliphatic rings. The van der Waals surface area contributed by atoms with Gasteiger partial charge in [-0.1, -0.05) is 12.8 Å². The maximum atomic E-state index is 12.9. The van der Waals surface area contributed by atoms with Gasteiger partial charge in [-0.15, -0.1) is 0 Å². The standard InChI is InChI=1S/C13H21F3N2O/c14-13(15,16)10-5-1-2-6-11(10)18-12(19)9-4-3-7-17-8-9/h9-11,17H,1-8H2,(H,18,19). The highest BCUT2D eigenvalue weighted by Gasteiger charge is 2.46. The molecule has 0 spiro atoms. The van der Waals surface area contributed by atoms with E-state index in [1.165, 1.54) is 0 Å². The van der Waals surface area contributed by atoms with Crippen LogP contribution in [0.2, 0.25) is 0 Å². The minimum atomic E-state index is -4.21. The second-order valence-corrected chi connectivity index (χ2v) is 5.59. The van der Waals surface area contributed by atoms with Crippen LogP contribution in [0.25, 0.3) is 0 Å². The lowest BCUT2D eigenvalue weighted by Crippen LogP contribution is -2.51. The highest BCUT2D eigenvalue weighted by molar-refractivity contribution is 5.79. The number of halogens is 3. The lowest BCUT2D eigenvalue weighted by atomic mass is 9.83. The second kappa shape index (κ2) is 6.11. The summed E-state index contributed by atoms with van der Waals surface area (Å²) in [5.74, 6) is -1.76. The summed E-state index contributed by atoms with van der Waals surface area (Å²) in [6.07, 6.45) is -0.591. The maximum Gasteiger partial charge on any atom is 0.393 e. The first-order chi connectivity index (χ1) is 8.98. The van der Waals surface area contributed by atoms with E-state index >= 15 is 0 Å². The zero-order chi connectivity index (χ0) is 13.9. The summed E-state index contributed by atoms with van der Waals surface area (Å²) in [6, 6.07) is -0.733. The third-order valence-corrected chi connectivity index (χ3v) is 4.18. The van der Waals surface area contributed by atoms with Crippen LogP contribution in [-0.4, -0.2) is 31.2 Å². The highest BCUT2D eigenvalue weighted by Crippen LogP contribution is 2.37. The average Bonchev–Trinajstić information content (AvgIpc) is 2.39. The summed E-state index contributed by atoms with van der Waals surface area (Å²) in [5, 5.41) is 5.76. The Balaban J connectivity index is 1.93. The number of rotatable bonds is 2. The Kier molecular flexibility index (Phi) is 4.71. The SMILES string of the molecule is O=C(NC1CCCCC1C(F)(F)F)C1CCCNC1. The highest BCUT2D eigenvalue weighted by atomic mass is 19.4. The van der Waals surface area contributed by atoms with Crippen LogP contribution >= 0.6 is 0 Å². The van der Waals surface area contributed by atoms with Crippen molar-refractivity contribution in [3.8, 4) is 0 Å². The summed E-state index contributed by atoms with van der Waals surface area (Å²) in [6.45, 7) is 1.47. The number of piperidine rings is 1. The topological polar surface area (TPSA) is 41.1 Å². The van der Waals surface area contributed by atoms with E-state index < -0.39 is 18.1 Å². The van der Waals surface area contributed by atoms with E-state index in [-0.39, 0.29) is 18.2 Å². The first-order valence-corrected chi connectivity index (χ1v) is 7.06. The molecule has 2 fully saturated rings. The van der Waals surface area contributed by atoms with E-state index in [0.717, 1.165) is 25.8 Å². The van der Waals surface area contributed by atoms with Crippen molar-refractivity contribution in [1.82, 2.24) is 10.6 Å². The van der Waals surface area contributed by atoms with Crippen molar-refractivity contribution in [1.29, 1.82) is 0 Å². The second-order valence-electron chi connectivity index (χ2n) is 5.59. The smallest absolute Gasteiger partial charge is 0.352 e. The van der Waals surface area contributed by atoms with Gasteiger partial charge < -0.3 is 10.6 Å². The van der Waals surface area contributed by atoms with Gasteiger partial charge in [0.15, 0.2) is 0 Å². The van der Waals surface area contributed by atoms with Gasteiger partial charge in [0, 0.05) is 12.6 Å². The van der Waals surface area contributed by atoms with Crippen molar-refractivity contribution in [3.05, 3.63) is 0 Å². The lowest BCUT2D eigenvalue weighted by Gasteiger charge is -2.34. The zero-order valence-corrected chi connectivity index (χ0v) is 10.9. The molecule has 1 aliphatic carbocycles. The molecule has 19 heavy (non-hydrogen) atoms. The van der Waals surface area contributed by atoms with Gasteiger partial charge in [-0.05, 0) is 32.2 Å². The van der Waals surface area contributed by atoms with Crippen molar-refractivity contribution in [2.24, 2.45) is 11.8 Å². The molecule has 3 nitrogen and oxygen atoms in total. The molecule has 3 atom stereocenters. The summed E-state index contributed by atoms with van der Waals surface area (Å²) in [7, 11) is 0. The third-order valence-electron chi connectivity index (χ3n) is 4.18. The molecule has 0 bridgehead atoms. The Labute approximate surface area is 111 Å². The molecule has 2 N–H and O–H groups in total. The van der Waals surface area contributed by atoms with Gasteiger partial charge >= 0.3 is 6.18 Å². The number of alkyl halides is 3. The van der Waals surface area contributed by atoms with E-state index in [0.29, 0.717) is 19.4 Å². The lowest BCUT2D eigenvalue weighted by molar-refractivity contribution is -0.189. The van der Waals surface area contributed by atoms with E-state index in [2.05, 4.69) is 10.6 Å². The Hall–Kier alpha value is -0.780. The minimum absolute atomic E-state index is 0.136. The normalized spacial score (nSPS) is 32.9. The fourth-order valence-corrected chi connectivity index (χ4v) is 3.07. The van der Waals surface area contributed by atoms with Crippen molar-refractivity contribution in [2.45, 2.75) is 50.7 Å². The molecule has 6 heteroatoms. The maximum absolute atomic E-state index is 12.9. The summed E-state index contributed by atoms with van der Waals surface area (Å²) >= 11 is 0. The molecule has 3 unspecified atom stereocenters.